The summed E-state index contributed by atoms with van der Waals surface area (Å²) in [6.45, 7) is 6.15. The number of rotatable bonds is 8. The van der Waals surface area contributed by atoms with E-state index in [9.17, 15) is 14.9 Å². The van der Waals surface area contributed by atoms with Crippen molar-refractivity contribution in [2.24, 2.45) is 0 Å². The highest BCUT2D eigenvalue weighted by Crippen LogP contribution is 2.38. The Kier molecular flexibility index (Phi) is 6.58. The van der Waals surface area contributed by atoms with Crippen LogP contribution in [0.2, 0.25) is 0 Å². The normalized spacial score (nSPS) is 15.3. The number of hydrogen-bond acceptors (Lipinski definition) is 5. The first kappa shape index (κ1) is 19.7. The molecule has 2 rings (SSSR count). The lowest BCUT2D eigenvalue weighted by atomic mass is 10.1. The van der Waals surface area contributed by atoms with Crippen LogP contribution < -0.4 is 5.32 Å². The molecule has 1 fully saturated rings. The van der Waals surface area contributed by atoms with Gasteiger partial charge < -0.3 is 19.4 Å². The molecule has 0 aliphatic heterocycles. The highest BCUT2D eigenvalue weighted by atomic mass is 16.5. The van der Waals surface area contributed by atoms with E-state index in [1.807, 2.05) is 26.0 Å². The van der Waals surface area contributed by atoms with Gasteiger partial charge in [-0.05, 0) is 51.3 Å². The summed E-state index contributed by atoms with van der Waals surface area (Å²) < 4.78 is 12.2. The second kappa shape index (κ2) is 8.68. The van der Waals surface area contributed by atoms with E-state index in [0.717, 1.165) is 29.8 Å². The number of methoxy groups -OCH3 is 1. The van der Waals surface area contributed by atoms with E-state index in [-0.39, 0.29) is 5.57 Å². The fourth-order valence-electron chi connectivity index (χ4n) is 2.83. The standard InChI is InChI=1S/C19H25N3O4/c1-12-9-15(13(2)22(12)17-5-6-17)10-16(11-20)19(24)26-14(3)18(23)21-7-8-25-4/h9-10,14,17H,5-8H2,1-4H3,(H,21,23)/b16-10+/t14-/m1/s1. The Morgan fingerprint density at radius 3 is 2.73 bits per heavy atom. The van der Waals surface area contributed by atoms with Gasteiger partial charge in [0.25, 0.3) is 5.91 Å². The highest BCUT2D eigenvalue weighted by Gasteiger charge is 2.27. The minimum Gasteiger partial charge on any atom is -0.448 e. The van der Waals surface area contributed by atoms with Crippen molar-refractivity contribution in [3.8, 4) is 6.07 Å². The summed E-state index contributed by atoms with van der Waals surface area (Å²) in [4.78, 5) is 24.1. The van der Waals surface area contributed by atoms with Crippen LogP contribution in [0.5, 0.6) is 0 Å². The molecule has 1 aromatic heterocycles. The van der Waals surface area contributed by atoms with Gasteiger partial charge in [-0.3, -0.25) is 4.79 Å². The number of aryl methyl sites for hydroxylation is 1. The number of nitrogens with zero attached hydrogens (tertiary/aromatic N) is 2. The topological polar surface area (TPSA) is 93.3 Å². The fraction of sp³-hybridized carbons (Fsp3) is 0.526. The number of esters is 1. The fourth-order valence-corrected chi connectivity index (χ4v) is 2.83. The first-order chi connectivity index (χ1) is 12.4. The van der Waals surface area contributed by atoms with E-state index in [4.69, 9.17) is 9.47 Å². The molecule has 7 nitrogen and oxygen atoms in total. The van der Waals surface area contributed by atoms with Gasteiger partial charge in [0, 0.05) is 31.1 Å². The van der Waals surface area contributed by atoms with Crippen LogP contribution in [0, 0.1) is 25.2 Å². The second-order valence-electron chi connectivity index (χ2n) is 6.43. The van der Waals surface area contributed by atoms with Gasteiger partial charge in [0.05, 0.1) is 6.61 Å². The quantitative estimate of drug-likeness (QED) is 0.332. The molecule has 1 amide bonds. The summed E-state index contributed by atoms with van der Waals surface area (Å²) in [5.74, 6) is -1.24. The molecule has 0 saturated heterocycles. The molecule has 0 bridgehead atoms. The van der Waals surface area contributed by atoms with Gasteiger partial charge in [0.1, 0.15) is 11.6 Å². The molecule has 1 heterocycles. The van der Waals surface area contributed by atoms with Crippen LogP contribution in [-0.2, 0) is 19.1 Å². The molecule has 1 aliphatic rings. The Labute approximate surface area is 153 Å². The number of nitriles is 1. The molecular formula is C19H25N3O4. The average Bonchev–Trinajstić information content (AvgIpc) is 3.38. The minimum absolute atomic E-state index is 0.127. The van der Waals surface area contributed by atoms with Crippen molar-refractivity contribution in [2.75, 3.05) is 20.3 Å². The van der Waals surface area contributed by atoms with E-state index in [0.29, 0.717) is 19.2 Å². The molecule has 140 valence electrons. The maximum Gasteiger partial charge on any atom is 0.349 e. The van der Waals surface area contributed by atoms with Crippen molar-refractivity contribution in [1.82, 2.24) is 9.88 Å². The lowest BCUT2D eigenvalue weighted by Gasteiger charge is -2.13. The third-order valence-corrected chi connectivity index (χ3v) is 4.33. The predicted molar refractivity (Wildman–Crippen MR) is 96.2 cm³/mol. The summed E-state index contributed by atoms with van der Waals surface area (Å²) in [5, 5.41) is 11.9. The van der Waals surface area contributed by atoms with Gasteiger partial charge in [-0.25, -0.2) is 4.79 Å². The summed E-state index contributed by atoms with van der Waals surface area (Å²) in [6.07, 6.45) is 2.85. The largest absolute Gasteiger partial charge is 0.448 e. The lowest BCUT2D eigenvalue weighted by Crippen LogP contribution is -2.37. The summed E-state index contributed by atoms with van der Waals surface area (Å²) in [5.41, 5.74) is 2.82. The third-order valence-electron chi connectivity index (χ3n) is 4.33. The predicted octanol–water partition coefficient (Wildman–Crippen LogP) is 2.04. The van der Waals surface area contributed by atoms with Crippen LogP contribution >= 0.6 is 0 Å². The average molecular weight is 359 g/mol. The molecular weight excluding hydrogens is 334 g/mol. The molecule has 1 aliphatic carbocycles. The molecule has 0 radical (unpaired) electrons. The van der Waals surface area contributed by atoms with Gasteiger partial charge in [-0.15, -0.1) is 0 Å². The van der Waals surface area contributed by atoms with Crippen LogP contribution in [0.4, 0.5) is 0 Å². The molecule has 26 heavy (non-hydrogen) atoms. The zero-order valence-electron chi connectivity index (χ0n) is 15.7. The smallest absolute Gasteiger partial charge is 0.349 e. The number of carbonyl (C=O) groups excluding carboxylic acids is 2. The number of carbonyl (C=O) groups is 2. The maximum atomic E-state index is 12.2. The van der Waals surface area contributed by atoms with Gasteiger partial charge >= 0.3 is 5.97 Å². The van der Waals surface area contributed by atoms with Crippen molar-refractivity contribution < 1.29 is 19.1 Å². The van der Waals surface area contributed by atoms with E-state index < -0.39 is 18.0 Å². The Morgan fingerprint density at radius 1 is 1.46 bits per heavy atom. The molecule has 0 spiro atoms. The number of ether oxygens (including phenoxy) is 2. The lowest BCUT2D eigenvalue weighted by molar-refractivity contribution is -0.150. The van der Waals surface area contributed by atoms with Crippen molar-refractivity contribution in [1.29, 1.82) is 5.26 Å². The SMILES string of the molecule is COCCNC(=O)[C@@H](C)OC(=O)/C(C#N)=C/c1cc(C)n(C2CC2)c1C. The van der Waals surface area contributed by atoms with Crippen LogP contribution in [-0.4, -0.2) is 42.8 Å². The van der Waals surface area contributed by atoms with Crippen molar-refractivity contribution in [2.45, 2.75) is 45.8 Å². The Bertz CT molecular complexity index is 754. The van der Waals surface area contributed by atoms with E-state index in [1.54, 1.807) is 0 Å². The summed E-state index contributed by atoms with van der Waals surface area (Å²) in [7, 11) is 1.53. The zero-order valence-corrected chi connectivity index (χ0v) is 15.7. The number of amides is 1. The van der Waals surface area contributed by atoms with Gasteiger partial charge in [0.2, 0.25) is 0 Å². The second-order valence-corrected chi connectivity index (χ2v) is 6.43. The van der Waals surface area contributed by atoms with Gasteiger partial charge in [0.15, 0.2) is 6.10 Å². The first-order valence-corrected chi connectivity index (χ1v) is 8.66. The molecule has 1 aromatic rings. The minimum atomic E-state index is -0.991. The number of nitrogens with one attached hydrogen (secondary N) is 1. The van der Waals surface area contributed by atoms with E-state index >= 15 is 0 Å². The van der Waals surface area contributed by atoms with Crippen LogP contribution in [0.25, 0.3) is 6.08 Å². The van der Waals surface area contributed by atoms with E-state index in [2.05, 4.69) is 9.88 Å². The number of aromatic nitrogens is 1. The zero-order chi connectivity index (χ0) is 19.3. The first-order valence-electron chi connectivity index (χ1n) is 8.66. The molecule has 0 unspecified atom stereocenters. The Balaban J connectivity index is 2.07. The van der Waals surface area contributed by atoms with Crippen LogP contribution in [0.1, 0.15) is 42.8 Å². The van der Waals surface area contributed by atoms with Crippen molar-refractivity contribution >= 4 is 18.0 Å². The molecule has 1 N–H and O–H groups in total. The Hall–Kier alpha value is -2.59. The maximum absolute atomic E-state index is 12.2. The molecule has 1 saturated carbocycles. The van der Waals surface area contributed by atoms with Crippen LogP contribution in [0.3, 0.4) is 0 Å². The van der Waals surface area contributed by atoms with Gasteiger partial charge in [-0.2, -0.15) is 5.26 Å². The highest BCUT2D eigenvalue weighted by molar-refractivity contribution is 5.99. The molecule has 7 heteroatoms. The number of hydrogen-bond donors (Lipinski definition) is 1. The van der Waals surface area contributed by atoms with Gasteiger partial charge in [-0.1, -0.05) is 0 Å². The summed E-state index contributed by atoms with van der Waals surface area (Å²) >= 11 is 0. The van der Waals surface area contributed by atoms with Crippen molar-refractivity contribution in [3.63, 3.8) is 0 Å². The monoisotopic (exact) mass is 359 g/mol. The summed E-state index contributed by atoms with van der Waals surface area (Å²) in [6, 6.07) is 4.35. The Morgan fingerprint density at radius 2 is 2.15 bits per heavy atom. The van der Waals surface area contributed by atoms with Crippen molar-refractivity contribution in [3.05, 3.63) is 28.6 Å². The van der Waals surface area contributed by atoms with E-state index in [1.165, 1.54) is 20.1 Å². The third kappa shape index (κ3) is 4.73. The van der Waals surface area contributed by atoms with Crippen LogP contribution in [0.15, 0.2) is 11.6 Å². The molecule has 1 atom stereocenters. The molecule has 0 aromatic carbocycles.